The maximum atomic E-state index is 14.9. The fraction of sp³-hybridized carbons (Fsp3) is 0.444. The number of ether oxygens (including phenoxy) is 1. The van der Waals surface area contributed by atoms with Crippen LogP contribution in [-0.2, 0) is 11.0 Å². The predicted octanol–water partition coefficient (Wildman–Crippen LogP) is 4.65. The Labute approximate surface area is 208 Å². The molecule has 2 saturated heterocycles. The molecule has 8 heteroatoms. The maximum absolute atomic E-state index is 14.9. The molecule has 2 atom stereocenters. The van der Waals surface area contributed by atoms with Crippen molar-refractivity contribution >= 4 is 16.7 Å². The van der Waals surface area contributed by atoms with Gasteiger partial charge in [-0.25, -0.2) is 17.9 Å². The van der Waals surface area contributed by atoms with Crippen LogP contribution in [0.15, 0.2) is 55.0 Å². The summed E-state index contributed by atoms with van der Waals surface area (Å²) in [6, 6.07) is 13.8. The van der Waals surface area contributed by atoms with Gasteiger partial charge in [0.25, 0.3) is 0 Å². The fourth-order valence-corrected chi connectivity index (χ4v) is 6.73. The standard InChI is InChI=1S/C27H31FN4O2S/c1-35(33)31-15-11-22(12-16-31)34-21-7-5-20(6-8-21)30-13-9-19(10-14-30)27-26-23(3-2-4-24(26)28)25-17-29-18-32(25)27/h2-8,17-19,22,27H,9-16H2,1H3. The number of benzene rings is 2. The van der Waals surface area contributed by atoms with Gasteiger partial charge in [-0.2, -0.15) is 0 Å². The van der Waals surface area contributed by atoms with Crippen molar-refractivity contribution in [3.63, 3.8) is 0 Å². The Morgan fingerprint density at radius 3 is 2.46 bits per heavy atom. The van der Waals surface area contributed by atoms with Crippen molar-refractivity contribution in [2.75, 3.05) is 37.3 Å². The predicted molar refractivity (Wildman–Crippen MR) is 136 cm³/mol. The highest BCUT2D eigenvalue weighted by molar-refractivity contribution is 7.81. The minimum Gasteiger partial charge on any atom is -0.490 e. The number of fused-ring (bicyclic) bond motifs is 3. The number of piperidine rings is 2. The van der Waals surface area contributed by atoms with Crippen LogP contribution in [0.25, 0.3) is 11.3 Å². The molecule has 4 heterocycles. The second kappa shape index (κ2) is 9.39. The molecule has 3 aromatic rings. The minimum absolute atomic E-state index is 0.0261. The highest BCUT2D eigenvalue weighted by Gasteiger charge is 2.38. The molecule has 1 aromatic heterocycles. The van der Waals surface area contributed by atoms with Crippen LogP contribution in [0.5, 0.6) is 5.75 Å². The summed E-state index contributed by atoms with van der Waals surface area (Å²) in [5, 5.41) is 0. The molecule has 2 aromatic carbocycles. The molecule has 6 nitrogen and oxygen atoms in total. The quantitative estimate of drug-likeness (QED) is 0.518. The Balaban J connectivity index is 1.08. The number of hydrogen-bond acceptors (Lipinski definition) is 4. The average molecular weight is 495 g/mol. The number of hydrogen-bond donors (Lipinski definition) is 0. The van der Waals surface area contributed by atoms with E-state index in [4.69, 9.17) is 4.74 Å². The van der Waals surface area contributed by atoms with Gasteiger partial charge in [-0.15, -0.1) is 0 Å². The van der Waals surface area contributed by atoms with E-state index in [2.05, 4.69) is 38.7 Å². The van der Waals surface area contributed by atoms with Gasteiger partial charge in [0.1, 0.15) is 17.7 Å². The number of halogens is 1. The van der Waals surface area contributed by atoms with Gasteiger partial charge >= 0.3 is 0 Å². The molecule has 184 valence electrons. The zero-order valence-corrected chi connectivity index (χ0v) is 20.8. The number of rotatable bonds is 5. The molecule has 0 radical (unpaired) electrons. The van der Waals surface area contributed by atoms with Gasteiger partial charge in [0.2, 0.25) is 0 Å². The number of nitrogens with zero attached hydrogens (tertiary/aromatic N) is 4. The first kappa shape index (κ1) is 22.7. The second-order valence-corrected chi connectivity index (χ2v) is 11.2. The fourth-order valence-electron chi connectivity index (χ4n) is 6.01. The smallest absolute Gasteiger partial charge is 0.129 e. The monoisotopic (exact) mass is 494 g/mol. The van der Waals surface area contributed by atoms with E-state index >= 15 is 0 Å². The van der Waals surface area contributed by atoms with Crippen molar-refractivity contribution in [3.8, 4) is 17.0 Å². The summed E-state index contributed by atoms with van der Waals surface area (Å²) < 4.78 is 36.9. The molecule has 2 unspecified atom stereocenters. The zero-order valence-electron chi connectivity index (χ0n) is 20.0. The third-order valence-electron chi connectivity index (χ3n) is 7.85. The van der Waals surface area contributed by atoms with Crippen LogP contribution in [0.4, 0.5) is 10.1 Å². The van der Waals surface area contributed by atoms with Crippen LogP contribution < -0.4 is 9.64 Å². The third kappa shape index (κ3) is 4.27. The van der Waals surface area contributed by atoms with Crippen molar-refractivity contribution in [1.29, 1.82) is 0 Å². The lowest BCUT2D eigenvalue weighted by molar-refractivity contribution is 0.137. The van der Waals surface area contributed by atoms with Crippen LogP contribution in [-0.4, -0.2) is 56.6 Å². The van der Waals surface area contributed by atoms with E-state index < -0.39 is 11.0 Å². The largest absolute Gasteiger partial charge is 0.490 e. The summed E-state index contributed by atoms with van der Waals surface area (Å²) in [7, 11) is -0.895. The van der Waals surface area contributed by atoms with Gasteiger partial charge in [0.05, 0.1) is 35.2 Å². The van der Waals surface area contributed by atoms with E-state index in [-0.39, 0.29) is 18.0 Å². The summed E-state index contributed by atoms with van der Waals surface area (Å²) in [5.41, 5.74) is 4.05. The molecule has 0 spiro atoms. The van der Waals surface area contributed by atoms with E-state index in [9.17, 15) is 8.60 Å². The molecule has 35 heavy (non-hydrogen) atoms. The molecular formula is C27H31FN4O2S. The lowest BCUT2D eigenvalue weighted by Gasteiger charge is -2.37. The topological polar surface area (TPSA) is 50.6 Å². The van der Waals surface area contributed by atoms with Crippen LogP contribution in [0.2, 0.25) is 0 Å². The Morgan fingerprint density at radius 1 is 1.00 bits per heavy atom. The van der Waals surface area contributed by atoms with Crippen LogP contribution in [0.3, 0.4) is 0 Å². The SMILES string of the molecule is CS(=O)N1CCC(Oc2ccc(N3CCC(C4c5c(F)cccc5-c5cncn54)CC3)cc2)CC1. The van der Waals surface area contributed by atoms with Gasteiger partial charge < -0.3 is 14.2 Å². The number of imidazole rings is 1. The van der Waals surface area contributed by atoms with Crippen molar-refractivity contribution in [2.24, 2.45) is 5.92 Å². The van der Waals surface area contributed by atoms with Gasteiger partial charge in [0, 0.05) is 49.2 Å². The lowest BCUT2D eigenvalue weighted by Crippen LogP contribution is -2.38. The average Bonchev–Trinajstić information content (AvgIpc) is 3.47. The van der Waals surface area contributed by atoms with Gasteiger partial charge in [-0.1, -0.05) is 12.1 Å². The Hall–Kier alpha value is -2.71. The molecule has 0 aliphatic carbocycles. The van der Waals surface area contributed by atoms with E-state index in [0.29, 0.717) is 5.92 Å². The number of anilines is 1. The summed E-state index contributed by atoms with van der Waals surface area (Å²) in [6.07, 6.45) is 9.44. The summed E-state index contributed by atoms with van der Waals surface area (Å²) in [4.78, 5) is 6.76. The second-order valence-electron chi connectivity index (χ2n) is 9.82. The molecule has 0 amide bonds. The Morgan fingerprint density at radius 2 is 1.74 bits per heavy atom. The molecular weight excluding hydrogens is 463 g/mol. The van der Waals surface area contributed by atoms with E-state index in [0.717, 1.165) is 74.4 Å². The summed E-state index contributed by atoms with van der Waals surface area (Å²) >= 11 is 0. The number of aromatic nitrogens is 2. The third-order valence-corrected chi connectivity index (χ3v) is 8.94. The molecule has 0 N–H and O–H groups in total. The molecule has 3 aliphatic heterocycles. The first-order valence-corrected chi connectivity index (χ1v) is 14.0. The molecule has 2 fully saturated rings. The van der Waals surface area contributed by atoms with Crippen molar-refractivity contribution in [3.05, 3.63) is 66.4 Å². The highest BCUT2D eigenvalue weighted by Crippen LogP contribution is 2.47. The van der Waals surface area contributed by atoms with E-state index in [1.165, 1.54) is 5.69 Å². The Kier molecular flexibility index (Phi) is 6.10. The van der Waals surface area contributed by atoms with E-state index in [1.807, 2.05) is 22.9 Å². The summed E-state index contributed by atoms with van der Waals surface area (Å²) in [5.74, 6) is 1.16. The van der Waals surface area contributed by atoms with Gasteiger partial charge in [-0.3, -0.25) is 0 Å². The van der Waals surface area contributed by atoms with Crippen LogP contribution >= 0.6 is 0 Å². The normalized spacial score (nSPS) is 22.1. The van der Waals surface area contributed by atoms with Crippen molar-refractivity contribution < 1.29 is 13.3 Å². The zero-order chi connectivity index (χ0) is 23.9. The Bertz CT molecular complexity index is 1210. The van der Waals surface area contributed by atoms with Gasteiger partial charge in [0.15, 0.2) is 0 Å². The molecule has 3 aliphatic rings. The van der Waals surface area contributed by atoms with Gasteiger partial charge in [-0.05, 0) is 61.9 Å². The highest BCUT2D eigenvalue weighted by atomic mass is 32.2. The first-order chi connectivity index (χ1) is 17.1. The lowest BCUT2D eigenvalue weighted by atomic mass is 9.85. The van der Waals surface area contributed by atoms with Crippen LogP contribution in [0.1, 0.15) is 37.3 Å². The van der Waals surface area contributed by atoms with Crippen LogP contribution in [0, 0.1) is 11.7 Å². The van der Waals surface area contributed by atoms with Crippen molar-refractivity contribution in [1.82, 2.24) is 13.9 Å². The molecule has 0 saturated carbocycles. The summed E-state index contributed by atoms with van der Waals surface area (Å²) in [6.45, 7) is 3.52. The van der Waals surface area contributed by atoms with Crippen molar-refractivity contribution in [2.45, 2.75) is 37.8 Å². The molecule has 6 rings (SSSR count). The first-order valence-electron chi connectivity index (χ1n) is 12.5. The minimum atomic E-state index is -0.895. The maximum Gasteiger partial charge on any atom is 0.129 e. The molecule has 0 bridgehead atoms. The van der Waals surface area contributed by atoms with E-state index in [1.54, 1.807) is 18.4 Å².